The van der Waals surface area contributed by atoms with E-state index in [4.69, 9.17) is 4.55 Å². The monoisotopic (exact) mass is 432 g/mol. The van der Waals surface area contributed by atoms with Crippen LogP contribution in [0.4, 0.5) is 61.5 Å². The van der Waals surface area contributed by atoms with Crippen molar-refractivity contribution < 1.29 is 74.4 Å². The molecule has 2 unspecified atom stereocenters. The number of alkyl halides is 14. The first-order valence-corrected chi connectivity index (χ1v) is 6.41. The van der Waals surface area contributed by atoms with Crippen molar-refractivity contribution in [1.29, 1.82) is 0 Å². The molecule has 152 valence electrons. The van der Waals surface area contributed by atoms with Gasteiger partial charge in [0.1, 0.15) is 0 Å². The molecule has 0 aromatic heterocycles. The summed E-state index contributed by atoms with van der Waals surface area (Å²) in [7, 11) is -7.75. The molecule has 3 nitrogen and oxygen atoms in total. The van der Waals surface area contributed by atoms with E-state index in [1.54, 1.807) is 0 Å². The van der Waals surface area contributed by atoms with Crippen LogP contribution < -0.4 is 0 Å². The van der Waals surface area contributed by atoms with Gasteiger partial charge >= 0.3 is 45.2 Å². The molecule has 0 saturated carbocycles. The summed E-state index contributed by atoms with van der Waals surface area (Å²) in [5.41, 5.74) is 0. The van der Waals surface area contributed by atoms with Crippen molar-refractivity contribution in [3.05, 3.63) is 0 Å². The highest BCUT2D eigenvalue weighted by atomic mass is 32.2. The second-order valence-corrected chi connectivity index (χ2v) is 5.79. The Balaban J connectivity index is 6.61. The molecule has 25 heavy (non-hydrogen) atoms. The third-order valence-electron chi connectivity index (χ3n) is 2.58. The standard InChI is InChI=1S/C7H2F14O3S/c8-1(3(11,6(16,17)18)25(22,23)24)2(9,10)4(12,13)5(14,15)7(19,20)21/h1H,(H,22,23,24). The molecule has 0 amide bonds. The summed E-state index contributed by atoms with van der Waals surface area (Å²) in [6.07, 6.45) is -21.7. The highest BCUT2D eigenvalue weighted by Crippen LogP contribution is 2.58. The lowest BCUT2D eigenvalue weighted by atomic mass is 9.96. The molecule has 0 aliphatic heterocycles. The Kier molecular flexibility index (Phi) is 5.47. The first kappa shape index (κ1) is 23.9. The average molecular weight is 432 g/mol. The third-order valence-corrected chi connectivity index (χ3v) is 3.76. The first-order valence-electron chi connectivity index (χ1n) is 4.97. The van der Waals surface area contributed by atoms with E-state index in [9.17, 15) is 69.9 Å². The Hall–Kier alpha value is -1.07. The molecule has 0 spiro atoms. The topological polar surface area (TPSA) is 54.4 Å². The van der Waals surface area contributed by atoms with Gasteiger partial charge in [0, 0.05) is 0 Å². The fourth-order valence-corrected chi connectivity index (χ4v) is 1.90. The second kappa shape index (κ2) is 5.71. The SMILES string of the molecule is O=S(=O)(O)C(F)(C(F)C(F)(F)C(F)(F)C(F)(F)C(F)(F)F)C(F)(F)F. The molecule has 0 fully saturated rings. The summed E-state index contributed by atoms with van der Waals surface area (Å²) >= 11 is 0. The summed E-state index contributed by atoms with van der Waals surface area (Å²) in [6, 6.07) is 0. The summed E-state index contributed by atoms with van der Waals surface area (Å²) < 4.78 is 202. The Morgan fingerprint density at radius 2 is 0.960 bits per heavy atom. The Labute approximate surface area is 127 Å². The van der Waals surface area contributed by atoms with E-state index in [0.29, 0.717) is 0 Å². The second-order valence-electron chi connectivity index (χ2n) is 4.25. The van der Waals surface area contributed by atoms with Gasteiger partial charge in [-0.15, -0.1) is 0 Å². The Morgan fingerprint density at radius 1 is 0.640 bits per heavy atom. The van der Waals surface area contributed by atoms with Gasteiger partial charge in [0.2, 0.25) is 6.17 Å². The lowest BCUT2D eigenvalue weighted by molar-refractivity contribution is -0.409. The van der Waals surface area contributed by atoms with Gasteiger partial charge in [0.25, 0.3) is 0 Å². The highest BCUT2D eigenvalue weighted by Gasteiger charge is 2.88. The third kappa shape index (κ3) is 3.21. The number of rotatable bonds is 5. The van der Waals surface area contributed by atoms with E-state index >= 15 is 0 Å². The molecule has 1 N–H and O–H groups in total. The maximum Gasteiger partial charge on any atom is 0.460 e. The Morgan fingerprint density at radius 3 is 1.16 bits per heavy atom. The fourth-order valence-electron chi connectivity index (χ4n) is 1.20. The molecule has 0 radical (unpaired) electrons. The summed E-state index contributed by atoms with van der Waals surface area (Å²) in [5.74, 6) is -23.9. The van der Waals surface area contributed by atoms with Crippen molar-refractivity contribution >= 4 is 10.1 Å². The zero-order valence-corrected chi connectivity index (χ0v) is 11.4. The van der Waals surface area contributed by atoms with Crippen molar-refractivity contribution in [3.8, 4) is 0 Å². The quantitative estimate of drug-likeness (QED) is 0.530. The predicted molar refractivity (Wildman–Crippen MR) is 47.2 cm³/mol. The van der Waals surface area contributed by atoms with Gasteiger partial charge in [0.05, 0.1) is 0 Å². The summed E-state index contributed by atoms with van der Waals surface area (Å²) in [6.45, 7) is 0. The molecule has 0 aliphatic carbocycles. The first-order chi connectivity index (χ1) is 10.4. The van der Waals surface area contributed by atoms with Crippen LogP contribution >= 0.6 is 0 Å². The minimum absolute atomic E-state index is 6.61. The van der Waals surface area contributed by atoms with Crippen molar-refractivity contribution in [2.24, 2.45) is 0 Å². The molecular weight excluding hydrogens is 430 g/mol. The van der Waals surface area contributed by atoms with Crippen molar-refractivity contribution in [3.63, 3.8) is 0 Å². The predicted octanol–water partition coefficient (Wildman–Crippen LogP) is 3.91. The van der Waals surface area contributed by atoms with E-state index in [0.717, 1.165) is 0 Å². The molecule has 0 aliphatic rings. The minimum Gasteiger partial charge on any atom is -0.283 e. The summed E-state index contributed by atoms with van der Waals surface area (Å²) in [4.78, 5) is 0. The molecule has 0 aromatic carbocycles. The number of hydrogen-bond acceptors (Lipinski definition) is 2. The van der Waals surface area contributed by atoms with E-state index in [2.05, 4.69) is 0 Å². The fraction of sp³-hybridized carbons (Fsp3) is 1.00. The van der Waals surface area contributed by atoms with Gasteiger partial charge in [0.15, 0.2) is 0 Å². The highest BCUT2D eigenvalue weighted by molar-refractivity contribution is 7.87. The van der Waals surface area contributed by atoms with Gasteiger partial charge in [-0.05, 0) is 0 Å². The zero-order chi connectivity index (χ0) is 21.1. The van der Waals surface area contributed by atoms with Crippen LogP contribution in [0.2, 0.25) is 0 Å². The van der Waals surface area contributed by atoms with Gasteiger partial charge in [-0.2, -0.15) is 61.1 Å². The molecule has 0 bridgehead atoms. The lowest BCUT2D eigenvalue weighted by Gasteiger charge is -2.38. The van der Waals surface area contributed by atoms with Crippen LogP contribution in [0.5, 0.6) is 0 Å². The normalized spacial score (nSPS) is 19.5. The van der Waals surface area contributed by atoms with Gasteiger partial charge in [-0.1, -0.05) is 0 Å². The number of hydrogen-bond donors (Lipinski definition) is 1. The van der Waals surface area contributed by atoms with Crippen LogP contribution in [0, 0.1) is 0 Å². The lowest BCUT2D eigenvalue weighted by Crippen LogP contribution is -2.70. The summed E-state index contributed by atoms with van der Waals surface area (Å²) in [5, 5.41) is -7.35. The van der Waals surface area contributed by atoms with Crippen LogP contribution in [0.25, 0.3) is 0 Å². The van der Waals surface area contributed by atoms with Gasteiger partial charge in [-0.3, -0.25) is 4.55 Å². The minimum atomic E-state index is -8.09. The van der Waals surface area contributed by atoms with Crippen molar-refractivity contribution in [2.75, 3.05) is 0 Å². The van der Waals surface area contributed by atoms with E-state index in [1.165, 1.54) is 0 Å². The van der Waals surface area contributed by atoms with Gasteiger partial charge in [-0.25, -0.2) is 8.78 Å². The van der Waals surface area contributed by atoms with Crippen LogP contribution in [0.15, 0.2) is 0 Å². The molecule has 0 heterocycles. The van der Waals surface area contributed by atoms with Crippen LogP contribution in [0.1, 0.15) is 0 Å². The zero-order valence-electron chi connectivity index (χ0n) is 10.5. The maximum absolute atomic E-state index is 13.2. The number of halogens is 14. The average Bonchev–Trinajstić information content (AvgIpc) is 2.31. The van der Waals surface area contributed by atoms with Crippen LogP contribution in [0.3, 0.4) is 0 Å². The molecular formula is C7H2F14O3S. The van der Waals surface area contributed by atoms with E-state index in [-0.39, 0.29) is 0 Å². The van der Waals surface area contributed by atoms with Gasteiger partial charge < -0.3 is 0 Å². The molecule has 2 atom stereocenters. The van der Waals surface area contributed by atoms with E-state index in [1.807, 2.05) is 0 Å². The van der Waals surface area contributed by atoms with Crippen molar-refractivity contribution in [1.82, 2.24) is 0 Å². The molecule has 0 rings (SSSR count). The van der Waals surface area contributed by atoms with Crippen molar-refractivity contribution in [2.45, 2.75) is 41.3 Å². The van der Waals surface area contributed by atoms with Crippen LogP contribution in [-0.4, -0.2) is 54.3 Å². The molecule has 0 saturated heterocycles. The smallest absolute Gasteiger partial charge is 0.283 e. The largest absolute Gasteiger partial charge is 0.460 e. The van der Waals surface area contributed by atoms with E-state index < -0.39 is 51.4 Å². The Bertz CT molecular complexity index is 603. The maximum atomic E-state index is 13.2. The van der Waals surface area contributed by atoms with Crippen LogP contribution in [-0.2, 0) is 10.1 Å². The molecule has 18 heteroatoms. The molecule has 0 aromatic rings.